The van der Waals surface area contributed by atoms with Gasteiger partial charge in [0, 0.05) is 7.05 Å². The summed E-state index contributed by atoms with van der Waals surface area (Å²) in [6.45, 7) is 1.56. The van der Waals surface area contributed by atoms with Crippen LogP contribution in [-0.4, -0.2) is 29.2 Å². The number of imidazole rings is 1. The fraction of sp³-hybridized carbons (Fsp3) is 0.500. The maximum atomic E-state index is 11.2. The fourth-order valence-electron chi connectivity index (χ4n) is 1.32. The number of ketones is 1. The topological polar surface area (TPSA) is 67.0 Å². The van der Waals surface area contributed by atoms with Crippen LogP contribution in [0.4, 0.5) is 10.6 Å². The Labute approximate surface area is 104 Å². The van der Waals surface area contributed by atoms with Crippen LogP contribution in [0.15, 0.2) is 11.4 Å². The van der Waals surface area contributed by atoms with Gasteiger partial charge in [-0.1, -0.05) is 0 Å². The Morgan fingerprint density at radius 1 is 1.53 bits per heavy atom. The van der Waals surface area contributed by atoms with Crippen LogP contribution >= 0.6 is 11.8 Å². The Balaban J connectivity index is 2.85. The standard InChI is InChI=1S/C10H16N4O2S/c1-7(15)6-17-10-13(3)5-8(14(10)4)12-9(16)11-2/h5H,6H2,1-4H3,(H-,11,12,16)/p+1. The van der Waals surface area contributed by atoms with Crippen molar-refractivity contribution in [2.75, 3.05) is 18.1 Å². The Morgan fingerprint density at radius 3 is 2.71 bits per heavy atom. The van der Waals surface area contributed by atoms with Gasteiger partial charge in [-0.2, -0.15) is 0 Å². The zero-order chi connectivity index (χ0) is 13.0. The van der Waals surface area contributed by atoms with Crippen LogP contribution in [0.25, 0.3) is 0 Å². The number of hydrogen-bond donors (Lipinski definition) is 2. The summed E-state index contributed by atoms with van der Waals surface area (Å²) in [6, 6.07) is -0.269. The number of urea groups is 1. The Morgan fingerprint density at radius 2 is 2.18 bits per heavy atom. The van der Waals surface area contributed by atoms with E-state index in [2.05, 4.69) is 10.6 Å². The maximum absolute atomic E-state index is 11.2. The Hall–Kier alpha value is -1.50. The van der Waals surface area contributed by atoms with Gasteiger partial charge >= 0.3 is 11.2 Å². The number of nitrogens with one attached hydrogen (secondary N) is 2. The molecule has 0 fully saturated rings. The molecule has 2 N–H and O–H groups in total. The maximum Gasteiger partial charge on any atom is 0.321 e. The van der Waals surface area contributed by atoms with Crippen molar-refractivity contribution in [3.05, 3.63) is 6.20 Å². The summed E-state index contributed by atoms with van der Waals surface area (Å²) >= 11 is 1.44. The number of rotatable bonds is 4. The lowest BCUT2D eigenvalue weighted by Gasteiger charge is -2.00. The lowest BCUT2D eigenvalue weighted by Crippen LogP contribution is -2.29. The van der Waals surface area contributed by atoms with E-state index in [1.165, 1.54) is 11.8 Å². The van der Waals surface area contributed by atoms with Crippen LogP contribution in [0.1, 0.15) is 6.92 Å². The van der Waals surface area contributed by atoms with Gasteiger partial charge in [-0.25, -0.2) is 13.9 Å². The predicted molar refractivity (Wildman–Crippen MR) is 66.1 cm³/mol. The van der Waals surface area contributed by atoms with Gasteiger partial charge in [0.2, 0.25) is 5.82 Å². The molecule has 0 aliphatic carbocycles. The van der Waals surface area contributed by atoms with Crippen LogP contribution in [0.5, 0.6) is 0 Å². The molecule has 7 heteroatoms. The molecule has 0 aromatic carbocycles. The van der Waals surface area contributed by atoms with Crippen LogP contribution in [0.2, 0.25) is 0 Å². The van der Waals surface area contributed by atoms with Crippen molar-refractivity contribution in [1.29, 1.82) is 0 Å². The average Bonchev–Trinajstić information content (AvgIpc) is 2.51. The third kappa shape index (κ3) is 3.48. The van der Waals surface area contributed by atoms with Gasteiger partial charge in [0.05, 0.1) is 19.8 Å². The highest BCUT2D eigenvalue weighted by Gasteiger charge is 2.20. The van der Waals surface area contributed by atoms with Gasteiger partial charge in [0.25, 0.3) is 0 Å². The van der Waals surface area contributed by atoms with Crippen molar-refractivity contribution in [2.24, 2.45) is 14.1 Å². The molecule has 0 unspecified atom stereocenters. The molecule has 0 spiro atoms. The van der Waals surface area contributed by atoms with E-state index in [1.54, 1.807) is 20.2 Å². The van der Waals surface area contributed by atoms with Crippen LogP contribution < -0.4 is 15.2 Å². The molecular formula is C10H17N4O2S+. The van der Waals surface area contributed by atoms with Crippen molar-refractivity contribution < 1.29 is 14.2 Å². The summed E-state index contributed by atoms with van der Waals surface area (Å²) in [5.41, 5.74) is 0. The molecule has 1 rings (SSSR count). The fourth-order valence-corrected chi connectivity index (χ4v) is 2.21. The normalized spacial score (nSPS) is 10.1. The number of aromatic nitrogens is 2. The summed E-state index contributed by atoms with van der Waals surface area (Å²) in [5, 5.41) is 6.10. The molecule has 0 saturated carbocycles. The number of thioether (sulfide) groups is 1. The van der Waals surface area contributed by atoms with Crippen LogP contribution in [0, 0.1) is 0 Å². The van der Waals surface area contributed by atoms with E-state index in [1.807, 2.05) is 23.2 Å². The van der Waals surface area contributed by atoms with Crippen LogP contribution in [0.3, 0.4) is 0 Å². The van der Waals surface area contributed by atoms with Crippen molar-refractivity contribution in [2.45, 2.75) is 12.1 Å². The molecule has 6 nitrogen and oxygen atoms in total. The molecule has 0 radical (unpaired) electrons. The van der Waals surface area contributed by atoms with Gasteiger partial charge in [0.1, 0.15) is 5.78 Å². The number of anilines is 1. The number of hydrogen-bond acceptors (Lipinski definition) is 3. The molecule has 17 heavy (non-hydrogen) atoms. The van der Waals surface area contributed by atoms with E-state index >= 15 is 0 Å². The number of aryl methyl sites for hydroxylation is 1. The van der Waals surface area contributed by atoms with Crippen molar-refractivity contribution >= 4 is 29.4 Å². The van der Waals surface area contributed by atoms with E-state index < -0.39 is 0 Å². The lowest BCUT2D eigenvalue weighted by molar-refractivity contribution is -0.709. The third-order valence-electron chi connectivity index (χ3n) is 2.14. The van der Waals surface area contributed by atoms with Crippen LogP contribution in [-0.2, 0) is 18.9 Å². The first kappa shape index (κ1) is 13.6. The first-order chi connectivity index (χ1) is 7.95. The van der Waals surface area contributed by atoms with Gasteiger partial charge < -0.3 is 5.32 Å². The number of Topliss-reactive ketones (excluding diaryl/α,β-unsaturated/α-hetero) is 1. The van der Waals surface area contributed by atoms with Crippen molar-refractivity contribution in [1.82, 2.24) is 9.88 Å². The quantitative estimate of drug-likeness (QED) is 0.601. The first-order valence-corrected chi connectivity index (χ1v) is 6.10. The minimum atomic E-state index is -0.269. The Bertz CT molecular complexity index is 442. The molecule has 0 aliphatic rings. The number of nitrogens with zero attached hydrogens (tertiary/aromatic N) is 2. The lowest BCUT2D eigenvalue weighted by atomic mass is 10.5. The summed E-state index contributed by atoms with van der Waals surface area (Å²) in [6.07, 6.45) is 1.80. The second-order valence-electron chi connectivity index (χ2n) is 3.66. The summed E-state index contributed by atoms with van der Waals surface area (Å²) in [4.78, 5) is 22.2. The van der Waals surface area contributed by atoms with Crippen molar-refractivity contribution in [3.63, 3.8) is 0 Å². The molecule has 94 valence electrons. The largest absolute Gasteiger partial charge is 0.341 e. The van der Waals surface area contributed by atoms with Gasteiger partial charge in [0.15, 0.2) is 6.20 Å². The Kier molecular flexibility index (Phi) is 4.56. The predicted octanol–water partition coefficient (Wildman–Crippen LogP) is 0.282. The highest BCUT2D eigenvalue weighted by atomic mass is 32.2. The summed E-state index contributed by atoms with van der Waals surface area (Å²) in [7, 11) is 5.27. The van der Waals surface area contributed by atoms with E-state index in [0.29, 0.717) is 11.6 Å². The summed E-state index contributed by atoms with van der Waals surface area (Å²) < 4.78 is 3.71. The number of amides is 2. The average molecular weight is 257 g/mol. The molecule has 0 saturated heterocycles. The smallest absolute Gasteiger partial charge is 0.321 e. The van der Waals surface area contributed by atoms with E-state index in [-0.39, 0.29) is 11.8 Å². The molecule has 0 bridgehead atoms. The minimum absolute atomic E-state index is 0.122. The SMILES string of the molecule is CNC(=O)Nc1c[n+](C)c(SCC(C)=O)n1C. The second kappa shape index (κ2) is 5.72. The highest BCUT2D eigenvalue weighted by molar-refractivity contribution is 7.99. The number of carbonyl (C=O) groups excluding carboxylic acids is 2. The summed E-state index contributed by atoms with van der Waals surface area (Å²) in [5.74, 6) is 1.22. The molecule has 1 aromatic rings. The zero-order valence-corrected chi connectivity index (χ0v) is 11.2. The molecule has 0 atom stereocenters. The van der Waals surface area contributed by atoms with Gasteiger partial charge in [-0.3, -0.25) is 10.1 Å². The zero-order valence-electron chi connectivity index (χ0n) is 10.4. The van der Waals surface area contributed by atoms with Crippen molar-refractivity contribution in [3.8, 4) is 0 Å². The van der Waals surface area contributed by atoms with E-state index in [9.17, 15) is 9.59 Å². The molecule has 0 aliphatic heterocycles. The van der Waals surface area contributed by atoms with Gasteiger partial charge in [-0.05, 0) is 18.7 Å². The van der Waals surface area contributed by atoms with E-state index in [0.717, 1.165) is 5.16 Å². The monoisotopic (exact) mass is 257 g/mol. The first-order valence-electron chi connectivity index (χ1n) is 5.12. The minimum Gasteiger partial charge on any atom is -0.341 e. The third-order valence-corrected chi connectivity index (χ3v) is 3.51. The molecule has 2 amide bonds. The highest BCUT2D eigenvalue weighted by Crippen LogP contribution is 2.17. The van der Waals surface area contributed by atoms with E-state index in [4.69, 9.17) is 0 Å². The van der Waals surface area contributed by atoms with Gasteiger partial charge in [-0.15, -0.1) is 0 Å². The number of carbonyl (C=O) groups is 2. The molecular weight excluding hydrogens is 240 g/mol. The second-order valence-corrected chi connectivity index (χ2v) is 4.60. The molecule has 1 heterocycles. The molecule has 1 aromatic heterocycles.